The fraction of sp³-hybridized carbons (Fsp3) is 0.0909. The molecule has 0 N–H and O–H groups in total. The lowest BCUT2D eigenvalue weighted by molar-refractivity contribution is -0.384. The van der Waals surface area contributed by atoms with Gasteiger partial charge in [0.05, 0.1) is 40.6 Å². The van der Waals surface area contributed by atoms with Gasteiger partial charge in [-0.25, -0.2) is 0 Å². The first-order valence-electron chi connectivity index (χ1n) is 9.17. The third-order valence-corrected chi connectivity index (χ3v) is 5.19. The number of hydrogen-bond donors (Lipinski definition) is 0. The van der Waals surface area contributed by atoms with E-state index in [1.165, 1.54) is 18.2 Å². The largest absolute Gasteiger partial charge is 0.497 e. The van der Waals surface area contributed by atoms with Crippen LogP contribution in [-0.2, 0) is 4.79 Å². The van der Waals surface area contributed by atoms with Crippen molar-refractivity contribution in [2.45, 2.75) is 6.92 Å². The minimum Gasteiger partial charge on any atom is -0.497 e. The molecular formula is C22H16BrN3O5. The van der Waals surface area contributed by atoms with E-state index in [2.05, 4.69) is 21.0 Å². The summed E-state index contributed by atoms with van der Waals surface area (Å²) in [6, 6.07) is 15.1. The number of rotatable bonds is 5. The van der Waals surface area contributed by atoms with E-state index in [0.29, 0.717) is 39.8 Å². The molecule has 1 aromatic heterocycles. The molecule has 31 heavy (non-hydrogen) atoms. The molecule has 0 atom stereocenters. The maximum Gasteiger partial charge on any atom is 0.284 e. The summed E-state index contributed by atoms with van der Waals surface area (Å²) in [7, 11) is 1.44. The Morgan fingerprint density at radius 2 is 2.00 bits per heavy atom. The first kappa shape index (κ1) is 20.5. The van der Waals surface area contributed by atoms with E-state index >= 15 is 0 Å². The van der Waals surface area contributed by atoms with Crippen LogP contribution in [0.3, 0.4) is 0 Å². The summed E-state index contributed by atoms with van der Waals surface area (Å²) in [5, 5.41) is 17.1. The molecule has 0 aliphatic carbocycles. The molecule has 0 unspecified atom stereocenters. The first-order chi connectivity index (χ1) is 14.9. The second kappa shape index (κ2) is 8.19. The van der Waals surface area contributed by atoms with Gasteiger partial charge in [-0.3, -0.25) is 14.9 Å². The lowest BCUT2D eigenvalue weighted by Gasteiger charge is -2.11. The summed E-state index contributed by atoms with van der Waals surface area (Å²) in [6.45, 7) is 1.74. The van der Waals surface area contributed by atoms with Gasteiger partial charge in [0.25, 0.3) is 11.6 Å². The highest BCUT2D eigenvalue weighted by atomic mass is 79.9. The number of carbonyl (C=O) groups is 1. The van der Waals surface area contributed by atoms with Crippen molar-refractivity contribution in [3.63, 3.8) is 0 Å². The van der Waals surface area contributed by atoms with Crippen molar-refractivity contribution in [3.05, 3.63) is 80.5 Å². The molecule has 1 amide bonds. The van der Waals surface area contributed by atoms with Crippen LogP contribution >= 0.6 is 15.9 Å². The Bertz CT molecular complexity index is 1260. The van der Waals surface area contributed by atoms with Crippen LogP contribution in [0, 0.1) is 10.1 Å². The molecular weight excluding hydrogens is 466 g/mol. The molecule has 2 aromatic carbocycles. The van der Waals surface area contributed by atoms with Crippen molar-refractivity contribution >= 4 is 45.0 Å². The molecule has 0 saturated carbocycles. The zero-order chi connectivity index (χ0) is 22.1. The van der Waals surface area contributed by atoms with E-state index in [-0.39, 0.29) is 11.6 Å². The number of carbonyl (C=O) groups excluding carboxylic acids is 1. The number of ether oxygens (including phenoxy) is 1. The number of hydrogen-bond acceptors (Lipinski definition) is 6. The van der Waals surface area contributed by atoms with Crippen molar-refractivity contribution in [2.24, 2.45) is 5.10 Å². The van der Waals surface area contributed by atoms with Crippen LogP contribution < -0.4 is 9.75 Å². The minimum atomic E-state index is -0.494. The Balaban J connectivity index is 1.66. The molecule has 9 heteroatoms. The quantitative estimate of drug-likeness (QED) is 0.274. The number of nitro benzene ring substituents is 1. The third kappa shape index (κ3) is 3.99. The van der Waals surface area contributed by atoms with Gasteiger partial charge in [-0.2, -0.15) is 10.1 Å². The third-order valence-electron chi connectivity index (χ3n) is 4.70. The second-order valence-electron chi connectivity index (χ2n) is 6.68. The highest BCUT2D eigenvalue weighted by molar-refractivity contribution is 9.10. The first-order valence-corrected chi connectivity index (χ1v) is 9.96. The van der Waals surface area contributed by atoms with E-state index in [0.717, 1.165) is 4.47 Å². The van der Waals surface area contributed by atoms with E-state index < -0.39 is 4.92 Å². The number of benzene rings is 2. The molecule has 0 spiro atoms. The number of anilines is 1. The fourth-order valence-corrected chi connectivity index (χ4v) is 3.57. The zero-order valence-electron chi connectivity index (χ0n) is 16.5. The lowest BCUT2D eigenvalue weighted by Crippen LogP contribution is -2.21. The van der Waals surface area contributed by atoms with E-state index in [1.807, 2.05) is 12.1 Å². The van der Waals surface area contributed by atoms with Gasteiger partial charge in [0.15, 0.2) is 0 Å². The minimum absolute atomic E-state index is 0.136. The van der Waals surface area contributed by atoms with Crippen LogP contribution in [0.2, 0.25) is 0 Å². The lowest BCUT2D eigenvalue weighted by atomic mass is 10.1. The van der Waals surface area contributed by atoms with Gasteiger partial charge in [-0.05, 0) is 55.5 Å². The number of amides is 1. The molecule has 156 valence electrons. The topological polar surface area (TPSA) is 98.2 Å². The Morgan fingerprint density at radius 1 is 1.19 bits per heavy atom. The van der Waals surface area contributed by atoms with E-state index in [4.69, 9.17) is 9.15 Å². The molecule has 0 saturated heterocycles. The van der Waals surface area contributed by atoms with Gasteiger partial charge in [-0.15, -0.1) is 0 Å². The number of nitro groups is 1. The van der Waals surface area contributed by atoms with Crippen LogP contribution in [-0.4, -0.2) is 23.7 Å². The predicted octanol–water partition coefficient (Wildman–Crippen LogP) is 5.43. The predicted molar refractivity (Wildman–Crippen MR) is 120 cm³/mol. The highest BCUT2D eigenvalue weighted by Crippen LogP contribution is 2.35. The Labute approximate surface area is 185 Å². The molecule has 0 fully saturated rings. The summed E-state index contributed by atoms with van der Waals surface area (Å²) in [6.07, 6.45) is 1.58. The summed E-state index contributed by atoms with van der Waals surface area (Å²) in [5.41, 5.74) is 1.73. The van der Waals surface area contributed by atoms with Crippen molar-refractivity contribution in [3.8, 4) is 17.1 Å². The summed E-state index contributed by atoms with van der Waals surface area (Å²) in [5.74, 6) is 0.781. The molecule has 1 aliphatic rings. The molecule has 3 aromatic rings. The van der Waals surface area contributed by atoms with E-state index in [1.54, 1.807) is 49.4 Å². The highest BCUT2D eigenvalue weighted by Gasteiger charge is 2.29. The molecule has 1 aliphatic heterocycles. The number of halogens is 1. The summed E-state index contributed by atoms with van der Waals surface area (Å²) >= 11 is 3.39. The van der Waals surface area contributed by atoms with Gasteiger partial charge in [-0.1, -0.05) is 22.0 Å². The zero-order valence-corrected chi connectivity index (χ0v) is 18.1. The van der Waals surface area contributed by atoms with Crippen molar-refractivity contribution in [1.82, 2.24) is 0 Å². The van der Waals surface area contributed by atoms with Gasteiger partial charge in [0, 0.05) is 4.47 Å². The average molecular weight is 482 g/mol. The number of furan rings is 1. The SMILES string of the molecule is COc1ccc(-c2ccc(/C=C3\C(=O)N(c4cccc(Br)c4)N=C3C)o2)c([N+](=O)[O-])c1. The number of methoxy groups -OCH3 is 1. The summed E-state index contributed by atoms with van der Waals surface area (Å²) < 4.78 is 11.7. The normalized spacial score (nSPS) is 14.8. The Hall–Kier alpha value is -3.72. The number of hydrazone groups is 1. The summed E-state index contributed by atoms with van der Waals surface area (Å²) in [4.78, 5) is 23.9. The monoisotopic (exact) mass is 481 g/mol. The second-order valence-corrected chi connectivity index (χ2v) is 7.60. The van der Waals surface area contributed by atoms with Gasteiger partial charge < -0.3 is 9.15 Å². The molecule has 8 nitrogen and oxygen atoms in total. The Kier molecular flexibility index (Phi) is 5.43. The molecule has 4 rings (SSSR count). The molecule has 0 radical (unpaired) electrons. The fourth-order valence-electron chi connectivity index (χ4n) is 3.18. The number of nitrogens with zero attached hydrogens (tertiary/aromatic N) is 3. The van der Waals surface area contributed by atoms with Crippen molar-refractivity contribution in [1.29, 1.82) is 0 Å². The Morgan fingerprint density at radius 3 is 2.71 bits per heavy atom. The van der Waals surface area contributed by atoms with E-state index in [9.17, 15) is 14.9 Å². The van der Waals surface area contributed by atoms with Crippen molar-refractivity contribution < 1.29 is 18.9 Å². The van der Waals surface area contributed by atoms with Crippen LogP contribution in [0.5, 0.6) is 5.75 Å². The van der Waals surface area contributed by atoms with Crippen LogP contribution in [0.1, 0.15) is 12.7 Å². The molecule has 2 heterocycles. The van der Waals surface area contributed by atoms with Gasteiger partial charge in [0.2, 0.25) is 0 Å². The van der Waals surface area contributed by atoms with Crippen LogP contribution in [0.4, 0.5) is 11.4 Å². The average Bonchev–Trinajstić information content (AvgIpc) is 3.33. The van der Waals surface area contributed by atoms with Gasteiger partial charge >= 0.3 is 0 Å². The van der Waals surface area contributed by atoms with Crippen molar-refractivity contribution in [2.75, 3.05) is 12.1 Å². The van der Waals surface area contributed by atoms with Crippen LogP contribution in [0.25, 0.3) is 17.4 Å². The molecule has 0 bridgehead atoms. The van der Waals surface area contributed by atoms with Gasteiger partial charge in [0.1, 0.15) is 17.3 Å². The maximum absolute atomic E-state index is 12.9. The maximum atomic E-state index is 12.9. The standard InChI is InChI=1S/C22H16BrN3O5/c1-13-19(22(27)25(24-13)15-5-3-4-14(23)10-15)11-17-7-9-21(31-17)18-8-6-16(30-2)12-20(18)26(28)29/h3-12H,1-2H3/b19-11-. The van der Waals surface area contributed by atoms with Crippen LogP contribution in [0.15, 0.2) is 74.2 Å². The smallest absolute Gasteiger partial charge is 0.284 e.